The van der Waals surface area contributed by atoms with Crippen LogP contribution in [0.5, 0.6) is 0 Å². The molecule has 3 aromatic rings. The van der Waals surface area contributed by atoms with Gasteiger partial charge in [-0.1, -0.05) is 59.6 Å². The molecule has 184 valence electrons. The van der Waals surface area contributed by atoms with Crippen LogP contribution in [0.15, 0.2) is 82.8 Å². The van der Waals surface area contributed by atoms with Gasteiger partial charge in [0.05, 0.1) is 17.1 Å². The summed E-state index contributed by atoms with van der Waals surface area (Å²) in [6.45, 7) is 0. The van der Waals surface area contributed by atoms with E-state index in [0.29, 0.717) is 32.7 Å². The number of hydroxylamine groups is 1. The Morgan fingerprint density at radius 2 is 1.67 bits per heavy atom. The fourth-order valence-electron chi connectivity index (χ4n) is 3.39. The van der Waals surface area contributed by atoms with Gasteiger partial charge in [-0.25, -0.2) is 19.6 Å². The molecule has 2 amide bonds. The molecule has 0 aromatic heterocycles. The third kappa shape index (κ3) is 5.59. The van der Waals surface area contributed by atoms with E-state index < -0.39 is 18.4 Å². The maximum atomic E-state index is 12.7. The van der Waals surface area contributed by atoms with Crippen LogP contribution < -0.4 is 10.8 Å². The number of aliphatic imine (C=N–C) groups is 2. The lowest BCUT2D eigenvalue weighted by Crippen LogP contribution is -2.44. The number of primary amides is 1. The lowest BCUT2D eigenvalue weighted by atomic mass is 10.0. The summed E-state index contributed by atoms with van der Waals surface area (Å²) in [5.41, 5.74) is 7.91. The molecule has 1 heterocycles. The Morgan fingerprint density at radius 3 is 2.33 bits per heavy atom. The van der Waals surface area contributed by atoms with Gasteiger partial charge in [-0.2, -0.15) is 5.06 Å². The highest BCUT2D eigenvalue weighted by Crippen LogP contribution is 2.32. The van der Waals surface area contributed by atoms with Gasteiger partial charge in [0.25, 0.3) is 6.23 Å². The number of fused-ring (bicyclic) bond motifs is 1. The molecular formula is C25H21Cl2N5O4. The Balaban J connectivity index is 1.98. The zero-order valence-electron chi connectivity index (χ0n) is 19.3. The number of amidine groups is 1. The van der Waals surface area contributed by atoms with Crippen LogP contribution in [0.4, 0.5) is 21.0 Å². The highest BCUT2D eigenvalue weighted by molar-refractivity contribution is 6.32. The van der Waals surface area contributed by atoms with Crippen LogP contribution in [-0.2, 0) is 9.57 Å². The van der Waals surface area contributed by atoms with Crippen molar-refractivity contribution in [3.05, 3.63) is 94.0 Å². The van der Waals surface area contributed by atoms with Gasteiger partial charge in [0.15, 0.2) is 0 Å². The minimum Gasteiger partial charge on any atom is -0.416 e. The molecule has 1 unspecified atom stereocenters. The molecule has 4 rings (SSSR count). The first-order valence-electron chi connectivity index (χ1n) is 10.7. The van der Waals surface area contributed by atoms with Gasteiger partial charge in [-0.15, -0.1) is 0 Å². The second kappa shape index (κ2) is 10.7. The molecule has 9 nitrogen and oxygen atoms in total. The molecule has 0 fully saturated rings. The summed E-state index contributed by atoms with van der Waals surface area (Å²) in [7, 11) is 3.06. The molecule has 0 aliphatic carbocycles. The summed E-state index contributed by atoms with van der Waals surface area (Å²) in [4.78, 5) is 40.6. The Bertz CT molecular complexity index is 1360. The molecule has 1 aliphatic rings. The summed E-state index contributed by atoms with van der Waals surface area (Å²) >= 11 is 12.5. The van der Waals surface area contributed by atoms with Crippen LogP contribution >= 0.6 is 23.2 Å². The van der Waals surface area contributed by atoms with Crippen molar-refractivity contribution in [2.75, 3.05) is 19.2 Å². The van der Waals surface area contributed by atoms with Gasteiger partial charge in [0.2, 0.25) is 5.84 Å². The Labute approximate surface area is 217 Å². The third-order valence-corrected chi connectivity index (χ3v) is 5.44. The van der Waals surface area contributed by atoms with E-state index in [-0.39, 0.29) is 5.84 Å². The maximum Gasteiger partial charge on any atom is 0.429 e. The van der Waals surface area contributed by atoms with Gasteiger partial charge in [-0.3, -0.25) is 0 Å². The number of rotatable bonds is 3. The smallest absolute Gasteiger partial charge is 0.416 e. The van der Waals surface area contributed by atoms with Crippen molar-refractivity contribution < 1.29 is 19.2 Å². The first-order chi connectivity index (χ1) is 17.2. The summed E-state index contributed by atoms with van der Waals surface area (Å²) in [6, 6.07) is 20.8. The molecule has 36 heavy (non-hydrogen) atoms. The van der Waals surface area contributed by atoms with E-state index >= 15 is 0 Å². The van der Waals surface area contributed by atoms with Crippen molar-refractivity contribution in [2.45, 2.75) is 6.23 Å². The van der Waals surface area contributed by atoms with E-state index in [0.717, 1.165) is 10.6 Å². The zero-order valence-corrected chi connectivity index (χ0v) is 20.8. The summed E-state index contributed by atoms with van der Waals surface area (Å²) in [6.07, 6.45) is -3.17. The minimum absolute atomic E-state index is 0.0410. The number of amides is 2. The van der Waals surface area contributed by atoms with Gasteiger partial charge in [0.1, 0.15) is 0 Å². The van der Waals surface area contributed by atoms with Crippen molar-refractivity contribution in [3.8, 4) is 0 Å². The quantitative estimate of drug-likeness (QED) is 0.459. The number of ether oxygens (including phenoxy) is 1. The number of hydrogen-bond donors (Lipinski definition) is 1. The zero-order chi connectivity index (χ0) is 25.8. The van der Waals surface area contributed by atoms with Crippen LogP contribution in [0.25, 0.3) is 0 Å². The first kappa shape index (κ1) is 25.0. The number of anilines is 1. The third-order valence-electron chi connectivity index (χ3n) is 4.97. The van der Waals surface area contributed by atoms with Crippen molar-refractivity contribution in [2.24, 2.45) is 15.7 Å². The highest BCUT2D eigenvalue weighted by Gasteiger charge is 2.33. The van der Waals surface area contributed by atoms with Crippen LogP contribution in [0, 0.1) is 0 Å². The molecule has 1 aliphatic heterocycles. The molecule has 3 aromatic carbocycles. The van der Waals surface area contributed by atoms with E-state index in [9.17, 15) is 9.59 Å². The predicted molar refractivity (Wildman–Crippen MR) is 139 cm³/mol. The average molecular weight is 526 g/mol. The van der Waals surface area contributed by atoms with Crippen molar-refractivity contribution in [3.63, 3.8) is 0 Å². The lowest BCUT2D eigenvalue weighted by Gasteiger charge is -2.27. The number of halogens is 2. The Morgan fingerprint density at radius 1 is 0.944 bits per heavy atom. The number of hydrogen-bond acceptors (Lipinski definition) is 7. The minimum atomic E-state index is -1.35. The average Bonchev–Trinajstić information content (AvgIpc) is 2.99. The maximum absolute atomic E-state index is 12.7. The van der Waals surface area contributed by atoms with E-state index in [4.69, 9.17) is 48.5 Å². The van der Waals surface area contributed by atoms with Crippen molar-refractivity contribution >= 4 is 58.3 Å². The highest BCUT2D eigenvalue weighted by atomic mass is 35.5. The Hall–Kier alpha value is -4.08. The summed E-state index contributed by atoms with van der Waals surface area (Å²) in [5, 5.41) is 1.86. The van der Waals surface area contributed by atoms with Gasteiger partial charge in [0, 0.05) is 35.3 Å². The van der Waals surface area contributed by atoms with E-state index in [1.165, 1.54) is 25.1 Å². The predicted octanol–water partition coefficient (Wildman–Crippen LogP) is 5.42. The molecule has 1 atom stereocenters. The van der Waals surface area contributed by atoms with Gasteiger partial charge < -0.3 is 20.2 Å². The number of nitrogens with two attached hydrogens (primary N) is 1. The molecule has 2 N–H and O–H groups in total. The first-order valence-corrected chi connectivity index (χ1v) is 11.4. The number of carbonyl (C=O) groups is 2. The lowest BCUT2D eigenvalue weighted by molar-refractivity contribution is 0.0993. The molecule has 0 bridgehead atoms. The standard InChI is InChI=1S/C25H21Cl2N5O4/c1-31(2)25(34)35-23-22(32(36-24(28)33)18-10-6-9-16(26)13-18)29-20-12-11-17(27)14-19(20)21(30-23)15-7-4-3-5-8-15/h3-14,23H,1-2H3,(H2,28,33). The second-order valence-corrected chi connectivity index (χ2v) is 8.66. The molecule has 11 heteroatoms. The van der Waals surface area contributed by atoms with Crippen molar-refractivity contribution in [1.29, 1.82) is 0 Å². The topological polar surface area (TPSA) is 110 Å². The number of nitrogens with zero attached hydrogens (tertiary/aromatic N) is 4. The molecule has 0 spiro atoms. The SMILES string of the molecule is CN(C)C(=O)OC1N=C(c2ccccc2)c2cc(Cl)ccc2N=C1N(OC(N)=O)c1cccc(Cl)c1. The van der Waals surface area contributed by atoms with Gasteiger partial charge >= 0.3 is 12.2 Å². The molecule has 0 radical (unpaired) electrons. The number of benzene rings is 3. The van der Waals surface area contributed by atoms with Crippen LogP contribution in [-0.4, -0.2) is 49.0 Å². The van der Waals surface area contributed by atoms with Crippen LogP contribution in [0.3, 0.4) is 0 Å². The molecular weight excluding hydrogens is 505 g/mol. The van der Waals surface area contributed by atoms with Gasteiger partial charge in [-0.05, 0) is 36.4 Å². The summed E-state index contributed by atoms with van der Waals surface area (Å²) in [5.74, 6) is -0.0410. The summed E-state index contributed by atoms with van der Waals surface area (Å²) < 4.78 is 5.70. The Kier molecular flexibility index (Phi) is 7.42. The fraction of sp³-hybridized carbons (Fsp3) is 0.120. The van der Waals surface area contributed by atoms with E-state index in [1.807, 2.05) is 30.3 Å². The normalized spacial score (nSPS) is 14.5. The number of carbonyl (C=O) groups excluding carboxylic acids is 2. The monoisotopic (exact) mass is 525 g/mol. The van der Waals surface area contributed by atoms with Crippen LogP contribution in [0.1, 0.15) is 11.1 Å². The van der Waals surface area contributed by atoms with Crippen LogP contribution in [0.2, 0.25) is 10.0 Å². The van der Waals surface area contributed by atoms with E-state index in [2.05, 4.69) is 0 Å². The fourth-order valence-corrected chi connectivity index (χ4v) is 3.75. The second-order valence-electron chi connectivity index (χ2n) is 7.79. The largest absolute Gasteiger partial charge is 0.429 e. The molecule has 0 saturated carbocycles. The molecule has 0 saturated heterocycles. The van der Waals surface area contributed by atoms with Crippen molar-refractivity contribution in [1.82, 2.24) is 4.90 Å². The van der Waals surface area contributed by atoms with E-state index in [1.54, 1.807) is 36.4 Å².